The van der Waals surface area contributed by atoms with E-state index < -0.39 is 0 Å². The van der Waals surface area contributed by atoms with Gasteiger partial charge in [-0.05, 0) is 12.1 Å². The van der Waals surface area contributed by atoms with Crippen molar-refractivity contribution in [3.63, 3.8) is 0 Å². The third-order valence-corrected chi connectivity index (χ3v) is 1.28. The van der Waals surface area contributed by atoms with Crippen molar-refractivity contribution in [1.82, 2.24) is 0 Å². The number of hydrogen-bond donors (Lipinski definition) is 2. The van der Waals surface area contributed by atoms with Gasteiger partial charge in [0, 0.05) is 12.1 Å². The number of benzene rings is 1. The van der Waals surface area contributed by atoms with E-state index in [4.69, 9.17) is 9.84 Å². The molecule has 0 aliphatic heterocycles. The van der Waals surface area contributed by atoms with E-state index in [1.54, 1.807) is 0 Å². The van der Waals surface area contributed by atoms with Gasteiger partial charge in [0.25, 0.3) is 0 Å². The lowest BCUT2D eigenvalue weighted by molar-refractivity contribution is -0.254. The molecule has 3 nitrogen and oxygen atoms in total. The first-order valence-electron chi connectivity index (χ1n) is 5.48. The van der Waals surface area contributed by atoms with Gasteiger partial charge in [-0.25, -0.2) is 0 Å². The van der Waals surface area contributed by atoms with E-state index in [1.807, 2.05) is 52.0 Å². The van der Waals surface area contributed by atoms with Crippen LogP contribution in [0.25, 0.3) is 0 Å². The summed E-state index contributed by atoms with van der Waals surface area (Å²) >= 11 is 0. The van der Waals surface area contributed by atoms with Gasteiger partial charge < -0.3 is 15.6 Å². The summed E-state index contributed by atoms with van der Waals surface area (Å²) in [5, 5.41) is 8.44. The second-order valence-electron chi connectivity index (χ2n) is 2.22. The van der Waals surface area contributed by atoms with Crippen molar-refractivity contribution in [1.29, 1.82) is 0 Å². The maximum absolute atomic E-state index is 8.44. The normalized spacial score (nSPS) is 7.87. The molecule has 0 unspecified atom stereocenters. The molecule has 3 heteroatoms. The van der Waals surface area contributed by atoms with Crippen molar-refractivity contribution in [3.05, 3.63) is 24.3 Å². The SMILES string of the molecule is CC.CC.[NH3+]c1ccc(OCCO)cc1. The van der Waals surface area contributed by atoms with Crippen LogP contribution in [0.1, 0.15) is 27.7 Å². The zero-order valence-electron chi connectivity index (χ0n) is 10.3. The first kappa shape index (κ1) is 16.4. The van der Waals surface area contributed by atoms with Gasteiger partial charge in [-0.1, -0.05) is 27.7 Å². The quantitative estimate of drug-likeness (QED) is 0.808. The van der Waals surface area contributed by atoms with E-state index in [0.29, 0.717) is 6.61 Å². The molecule has 0 aliphatic rings. The molecule has 0 amide bonds. The van der Waals surface area contributed by atoms with Gasteiger partial charge in [0.15, 0.2) is 0 Å². The van der Waals surface area contributed by atoms with E-state index >= 15 is 0 Å². The van der Waals surface area contributed by atoms with Crippen LogP contribution in [0.5, 0.6) is 5.75 Å². The highest BCUT2D eigenvalue weighted by Gasteiger charge is 1.92. The van der Waals surface area contributed by atoms with Gasteiger partial charge >= 0.3 is 0 Å². The molecule has 0 aliphatic carbocycles. The topological polar surface area (TPSA) is 57.1 Å². The zero-order chi connectivity index (χ0) is 12.1. The minimum Gasteiger partial charge on any atom is -0.491 e. The first-order chi connectivity index (χ1) is 7.33. The van der Waals surface area contributed by atoms with Crippen LogP contribution in [0.3, 0.4) is 0 Å². The molecule has 0 saturated heterocycles. The summed E-state index contributed by atoms with van der Waals surface area (Å²) in [5.74, 6) is 0.770. The zero-order valence-corrected chi connectivity index (χ0v) is 10.3. The van der Waals surface area contributed by atoms with E-state index in [-0.39, 0.29) is 6.61 Å². The molecule has 0 radical (unpaired) electrons. The Morgan fingerprint density at radius 2 is 1.53 bits per heavy atom. The Morgan fingerprint density at radius 3 is 1.93 bits per heavy atom. The van der Waals surface area contributed by atoms with Crippen molar-refractivity contribution in [3.8, 4) is 5.75 Å². The van der Waals surface area contributed by atoms with Gasteiger partial charge in [-0.15, -0.1) is 0 Å². The molecule has 1 rings (SSSR count). The Bertz CT molecular complexity index is 209. The maximum Gasteiger partial charge on any atom is 0.128 e. The Balaban J connectivity index is 0. The fourth-order valence-corrected chi connectivity index (χ4v) is 0.749. The van der Waals surface area contributed by atoms with Gasteiger partial charge in [-0.3, -0.25) is 0 Å². The highest BCUT2D eigenvalue weighted by molar-refractivity contribution is 5.34. The highest BCUT2D eigenvalue weighted by atomic mass is 16.5. The van der Waals surface area contributed by atoms with E-state index in [2.05, 4.69) is 5.73 Å². The molecule has 0 saturated carbocycles. The first-order valence-corrected chi connectivity index (χ1v) is 5.48. The van der Waals surface area contributed by atoms with Crippen LogP contribution >= 0.6 is 0 Å². The van der Waals surface area contributed by atoms with Crippen LogP contribution in [0, 0.1) is 0 Å². The van der Waals surface area contributed by atoms with Crippen LogP contribution in [0.2, 0.25) is 0 Å². The van der Waals surface area contributed by atoms with Gasteiger partial charge in [0.2, 0.25) is 0 Å². The van der Waals surface area contributed by atoms with Crippen LogP contribution < -0.4 is 10.5 Å². The minimum atomic E-state index is 0.0477. The predicted octanol–water partition coefficient (Wildman–Crippen LogP) is 1.98. The molecule has 1 aromatic rings. The summed E-state index contributed by atoms with van der Waals surface area (Å²) in [4.78, 5) is 0. The minimum absolute atomic E-state index is 0.0477. The Morgan fingerprint density at radius 1 is 1.07 bits per heavy atom. The Kier molecular flexibility index (Phi) is 14.1. The number of quaternary nitrogens is 1. The van der Waals surface area contributed by atoms with E-state index in [0.717, 1.165) is 11.4 Å². The molecule has 0 heterocycles. The highest BCUT2D eigenvalue weighted by Crippen LogP contribution is 2.11. The van der Waals surface area contributed by atoms with Crippen molar-refractivity contribution >= 4 is 5.69 Å². The molecular formula is C12H24NO2+. The van der Waals surface area contributed by atoms with E-state index in [1.165, 1.54) is 0 Å². The molecule has 15 heavy (non-hydrogen) atoms. The lowest BCUT2D eigenvalue weighted by Gasteiger charge is -2.01. The molecule has 88 valence electrons. The van der Waals surface area contributed by atoms with Gasteiger partial charge in [0.1, 0.15) is 18.0 Å². The Labute approximate surface area is 92.9 Å². The van der Waals surface area contributed by atoms with Crippen LogP contribution in [-0.4, -0.2) is 18.3 Å². The molecule has 1 aromatic carbocycles. The standard InChI is InChI=1S/C8H11NO2.2C2H6/c9-7-1-3-8(4-2-7)11-6-5-10;2*1-2/h1-4,10H,5-6,9H2;2*1-2H3/p+1. The lowest BCUT2D eigenvalue weighted by Crippen LogP contribution is -2.39. The fourth-order valence-electron chi connectivity index (χ4n) is 0.749. The average Bonchev–Trinajstić information content (AvgIpc) is 2.34. The Hall–Kier alpha value is -1.06. The number of ether oxygens (including phenoxy) is 1. The number of hydrogen-bond acceptors (Lipinski definition) is 2. The predicted molar refractivity (Wildman–Crippen MR) is 64.3 cm³/mol. The summed E-state index contributed by atoms with van der Waals surface area (Å²) in [6.45, 7) is 8.39. The molecule has 0 aromatic heterocycles. The van der Waals surface area contributed by atoms with Gasteiger partial charge in [0.05, 0.1) is 6.61 Å². The van der Waals surface area contributed by atoms with Crippen LogP contribution in [0.4, 0.5) is 5.69 Å². The van der Waals surface area contributed by atoms with Crippen LogP contribution in [-0.2, 0) is 0 Å². The summed E-state index contributed by atoms with van der Waals surface area (Å²) in [7, 11) is 0. The van der Waals surface area contributed by atoms with Crippen molar-refractivity contribution in [2.24, 2.45) is 0 Å². The summed E-state index contributed by atoms with van der Waals surface area (Å²) < 4.78 is 5.13. The third-order valence-electron chi connectivity index (χ3n) is 1.28. The van der Waals surface area contributed by atoms with Gasteiger partial charge in [-0.2, -0.15) is 0 Å². The second kappa shape index (κ2) is 12.9. The number of aliphatic hydroxyl groups excluding tert-OH is 1. The smallest absolute Gasteiger partial charge is 0.128 e. The molecular weight excluding hydrogens is 190 g/mol. The summed E-state index contributed by atoms with van der Waals surface area (Å²) in [6.07, 6.45) is 0. The monoisotopic (exact) mass is 214 g/mol. The summed E-state index contributed by atoms with van der Waals surface area (Å²) in [6, 6.07) is 7.40. The summed E-state index contributed by atoms with van der Waals surface area (Å²) in [5.41, 5.74) is 4.70. The average molecular weight is 214 g/mol. The molecule has 4 N–H and O–H groups in total. The van der Waals surface area contributed by atoms with Crippen molar-refractivity contribution < 1.29 is 15.6 Å². The second-order valence-corrected chi connectivity index (χ2v) is 2.22. The van der Waals surface area contributed by atoms with Crippen molar-refractivity contribution in [2.75, 3.05) is 13.2 Å². The van der Waals surface area contributed by atoms with Crippen LogP contribution in [0.15, 0.2) is 24.3 Å². The largest absolute Gasteiger partial charge is 0.491 e. The molecule has 0 spiro atoms. The molecule has 0 bridgehead atoms. The number of rotatable bonds is 3. The fraction of sp³-hybridized carbons (Fsp3) is 0.500. The maximum atomic E-state index is 8.44. The molecule has 0 fully saturated rings. The van der Waals surface area contributed by atoms with E-state index in [9.17, 15) is 0 Å². The lowest BCUT2D eigenvalue weighted by atomic mass is 10.3. The third kappa shape index (κ3) is 9.25. The van der Waals surface area contributed by atoms with Crippen molar-refractivity contribution in [2.45, 2.75) is 27.7 Å². The molecule has 0 atom stereocenters. The number of aliphatic hydroxyl groups is 1.